The molecule has 1 aromatic heterocycles. The van der Waals surface area contributed by atoms with Gasteiger partial charge in [-0.25, -0.2) is 0 Å². The number of ether oxygens (including phenoxy) is 2. The van der Waals surface area contributed by atoms with Crippen molar-refractivity contribution in [3.8, 4) is 22.9 Å². The fourth-order valence-electron chi connectivity index (χ4n) is 3.15. The van der Waals surface area contributed by atoms with E-state index < -0.39 is 6.23 Å². The third-order valence-corrected chi connectivity index (χ3v) is 5.30. The van der Waals surface area contributed by atoms with Gasteiger partial charge in [-0.3, -0.25) is 0 Å². The number of thioether (sulfide) groups is 1. The molecule has 0 amide bonds. The minimum absolute atomic E-state index is 0.416. The summed E-state index contributed by atoms with van der Waals surface area (Å²) in [7, 11) is 0. The fraction of sp³-hybridized carbons (Fsp3) is 0.227. The van der Waals surface area contributed by atoms with Crippen LogP contribution in [0.1, 0.15) is 24.3 Å². The van der Waals surface area contributed by atoms with Crippen LogP contribution in [0.4, 0.5) is 5.69 Å². The molecule has 0 saturated heterocycles. The molecule has 6 nitrogen and oxygen atoms in total. The summed E-state index contributed by atoms with van der Waals surface area (Å²) in [5.41, 5.74) is 4.49. The Labute approximate surface area is 174 Å². The van der Waals surface area contributed by atoms with Crippen LogP contribution < -0.4 is 14.8 Å². The molecule has 3 aromatic rings. The number of benzene rings is 2. The molecule has 1 N–H and O–H groups in total. The summed E-state index contributed by atoms with van der Waals surface area (Å²) < 4.78 is 12.0. The van der Waals surface area contributed by atoms with E-state index in [4.69, 9.17) is 9.47 Å². The number of para-hydroxylation sites is 1. The number of aromatic nitrogens is 3. The van der Waals surface area contributed by atoms with Gasteiger partial charge < -0.3 is 14.8 Å². The molecular weight excluding hydrogens is 384 g/mol. The van der Waals surface area contributed by atoms with E-state index in [2.05, 4.69) is 33.1 Å². The molecule has 0 unspecified atom stereocenters. The number of hydrogen-bond donors (Lipinski definition) is 1. The highest BCUT2D eigenvalue weighted by Crippen LogP contribution is 2.39. The van der Waals surface area contributed by atoms with Crippen molar-refractivity contribution in [1.29, 1.82) is 0 Å². The fourth-order valence-corrected chi connectivity index (χ4v) is 3.66. The standard InChI is InChI=1S/C22H22N4O2S/c1-4-12-29-22-24-21-19(25-26-22)16-8-6-7-9-17(16)23-20(28-21)15-10-11-18(27-5-2)14(3)13-15/h4,6-11,13,20,23H,1,5,12H2,2-3H3/t20-/m1/s1. The Balaban J connectivity index is 1.75. The average Bonchev–Trinajstić information content (AvgIpc) is 2.90. The lowest BCUT2D eigenvalue weighted by molar-refractivity contribution is 0.225. The van der Waals surface area contributed by atoms with Crippen molar-refractivity contribution in [2.75, 3.05) is 17.7 Å². The second-order valence-corrected chi connectivity index (χ2v) is 7.48. The first-order chi connectivity index (χ1) is 14.2. The van der Waals surface area contributed by atoms with Crippen molar-refractivity contribution in [3.05, 3.63) is 66.2 Å². The van der Waals surface area contributed by atoms with Crippen LogP contribution in [0.25, 0.3) is 11.3 Å². The van der Waals surface area contributed by atoms with Crippen LogP contribution in [0.2, 0.25) is 0 Å². The van der Waals surface area contributed by atoms with E-state index in [0.717, 1.165) is 28.1 Å². The SMILES string of the molecule is C=CCSc1nnc2c(n1)O[C@H](c1ccc(OCC)c(C)c1)Nc1ccccc1-2. The molecule has 148 valence electrons. The second-order valence-electron chi connectivity index (χ2n) is 6.49. The molecule has 2 aromatic carbocycles. The topological polar surface area (TPSA) is 69.2 Å². The normalized spacial score (nSPS) is 14.6. The molecule has 29 heavy (non-hydrogen) atoms. The Morgan fingerprint density at radius 2 is 2.10 bits per heavy atom. The third kappa shape index (κ3) is 4.05. The summed E-state index contributed by atoms with van der Waals surface area (Å²) in [6, 6.07) is 14.0. The lowest BCUT2D eigenvalue weighted by Gasteiger charge is -2.20. The van der Waals surface area contributed by atoms with Gasteiger partial charge in [0.15, 0.2) is 11.9 Å². The number of rotatable bonds is 6. The number of nitrogens with zero attached hydrogens (tertiary/aromatic N) is 3. The number of nitrogens with one attached hydrogen (secondary N) is 1. The largest absolute Gasteiger partial charge is 0.494 e. The first-order valence-electron chi connectivity index (χ1n) is 9.44. The van der Waals surface area contributed by atoms with Gasteiger partial charge in [-0.15, -0.1) is 16.8 Å². The molecule has 1 aliphatic heterocycles. The third-order valence-electron chi connectivity index (χ3n) is 4.47. The molecule has 0 spiro atoms. The van der Waals surface area contributed by atoms with E-state index in [9.17, 15) is 0 Å². The number of aryl methyl sites for hydroxylation is 1. The zero-order valence-corrected chi connectivity index (χ0v) is 17.2. The van der Waals surface area contributed by atoms with Crippen LogP contribution in [0.3, 0.4) is 0 Å². The van der Waals surface area contributed by atoms with Crippen LogP contribution in [-0.2, 0) is 0 Å². The predicted octanol–water partition coefficient (Wildman–Crippen LogP) is 5.03. The lowest BCUT2D eigenvalue weighted by Crippen LogP contribution is -2.17. The van der Waals surface area contributed by atoms with Crippen molar-refractivity contribution in [3.63, 3.8) is 0 Å². The summed E-state index contributed by atoms with van der Waals surface area (Å²) in [6.07, 6.45) is 1.39. The highest BCUT2D eigenvalue weighted by molar-refractivity contribution is 7.99. The van der Waals surface area contributed by atoms with Crippen LogP contribution in [0, 0.1) is 6.92 Å². The van der Waals surface area contributed by atoms with Gasteiger partial charge in [-0.1, -0.05) is 36.0 Å². The maximum Gasteiger partial charge on any atom is 0.247 e. The van der Waals surface area contributed by atoms with Crippen LogP contribution >= 0.6 is 11.8 Å². The highest BCUT2D eigenvalue weighted by atomic mass is 32.2. The second kappa shape index (κ2) is 8.53. The number of anilines is 1. The molecule has 0 saturated carbocycles. The van der Waals surface area contributed by atoms with E-state index in [0.29, 0.717) is 29.1 Å². The molecule has 4 rings (SSSR count). The maximum absolute atomic E-state index is 6.30. The molecule has 7 heteroatoms. The Morgan fingerprint density at radius 1 is 1.24 bits per heavy atom. The van der Waals surface area contributed by atoms with Gasteiger partial charge in [-0.2, -0.15) is 4.98 Å². The highest BCUT2D eigenvalue weighted by Gasteiger charge is 2.26. The Morgan fingerprint density at radius 3 is 2.90 bits per heavy atom. The Kier molecular flexibility index (Phi) is 5.67. The quantitative estimate of drug-likeness (QED) is 0.455. The van der Waals surface area contributed by atoms with E-state index in [1.54, 1.807) is 0 Å². The van der Waals surface area contributed by atoms with Gasteiger partial charge in [0.25, 0.3) is 0 Å². The molecule has 0 fully saturated rings. The van der Waals surface area contributed by atoms with Crippen molar-refractivity contribution < 1.29 is 9.47 Å². The van der Waals surface area contributed by atoms with Crippen molar-refractivity contribution in [2.45, 2.75) is 25.2 Å². The van der Waals surface area contributed by atoms with Gasteiger partial charge in [-0.05, 0) is 43.7 Å². The van der Waals surface area contributed by atoms with Crippen LogP contribution in [-0.4, -0.2) is 27.5 Å². The molecule has 2 heterocycles. The summed E-state index contributed by atoms with van der Waals surface area (Å²) in [5.74, 6) is 2.04. The minimum Gasteiger partial charge on any atom is -0.494 e. The van der Waals surface area contributed by atoms with E-state index in [1.165, 1.54) is 11.8 Å². The molecule has 0 aliphatic carbocycles. The van der Waals surface area contributed by atoms with Gasteiger partial charge in [0, 0.05) is 22.6 Å². The Bertz CT molecular complexity index is 1040. The summed E-state index contributed by atoms with van der Waals surface area (Å²) in [5, 5.41) is 12.7. The lowest BCUT2D eigenvalue weighted by atomic mass is 10.1. The van der Waals surface area contributed by atoms with E-state index in [-0.39, 0.29) is 0 Å². The van der Waals surface area contributed by atoms with Crippen LogP contribution in [0.5, 0.6) is 11.6 Å². The van der Waals surface area contributed by atoms with E-state index >= 15 is 0 Å². The smallest absolute Gasteiger partial charge is 0.247 e. The van der Waals surface area contributed by atoms with Crippen molar-refractivity contribution in [1.82, 2.24) is 15.2 Å². The van der Waals surface area contributed by atoms with Gasteiger partial charge in [0.05, 0.1) is 6.61 Å². The zero-order chi connectivity index (χ0) is 20.2. The van der Waals surface area contributed by atoms with Crippen molar-refractivity contribution in [2.24, 2.45) is 0 Å². The van der Waals surface area contributed by atoms with Gasteiger partial charge in [0.2, 0.25) is 11.0 Å². The zero-order valence-electron chi connectivity index (χ0n) is 16.4. The monoisotopic (exact) mass is 406 g/mol. The first-order valence-corrected chi connectivity index (χ1v) is 10.4. The number of hydrogen-bond acceptors (Lipinski definition) is 7. The summed E-state index contributed by atoms with van der Waals surface area (Å²) in [4.78, 5) is 4.61. The van der Waals surface area contributed by atoms with Crippen LogP contribution in [0.15, 0.2) is 60.3 Å². The summed E-state index contributed by atoms with van der Waals surface area (Å²) >= 11 is 1.47. The van der Waals surface area contributed by atoms with Gasteiger partial charge in [0.1, 0.15) is 5.75 Å². The maximum atomic E-state index is 6.30. The average molecular weight is 407 g/mol. The number of fused-ring (bicyclic) bond motifs is 3. The van der Waals surface area contributed by atoms with Crippen molar-refractivity contribution >= 4 is 17.4 Å². The summed E-state index contributed by atoms with van der Waals surface area (Å²) in [6.45, 7) is 8.38. The van der Waals surface area contributed by atoms with E-state index in [1.807, 2.05) is 56.3 Å². The van der Waals surface area contributed by atoms with Gasteiger partial charge >= 0.3 is 0 Å². The first kappa shape index (κ1) is 19.3. The molecular formula is C22H22N4O2S. The minimum atomic E-state index is -0.416. The molecule has 1 atom stereocenters. The Hall–Kier alpha value is -3.06. The molecule has 0 radical (unpaired) electrons. The molecule has 0 bridgehead atoms. The predicted molar refractivity (Wildman–Crippen MR) is 116 cm³/mol. The molecule has 1 aliphatic rings.